The van der Waals surface area contributed by atoms with E-state index in [1.54, 1.807) is 14.2 Å². The number of likely N-dealkylation sites (tertiary alicyclic amines) is 1. The third-order valence-electron chi connectivity index (χ3n) is 6.41. The van der Waals surface area contributed by atoms with E-state index >= 15 is 0 Å². The quantitative estimate of drug-likeness (QED) is 0.348. The molecule has 1 unspecified atom stereocenters. The highest BCUT2D eigenvalue weighted by atomic mass is 127. The van der Waals surface area contributed by atoms with Gasteiger partial charge in [-0.3, -0.25) is 9.79 Å². The first kappa shape index (κ1) is 24.9. The molecule has 1 amide bonds. The lowest BCUT2D eigenvalue weighted by molar-refractivity contribution is -0.140. The number of nitrogens with one attached hydrogen (secondary N) is 1. The van der Waals surface area contributed by atoms with Gasteiger partial charge in [-0.2, -0.15) is 0 Å². The third kappa shape index (κ3) is 5.59. The van der Waals surface area contributed by atoms with Crippen LogP contribution in [-0.2, 0) is 22.5 Å². The molecule has 178 valence electrons. The molecule has 2 fully saturated rings. The van der Waals surface area contributed by atoms with Crippen LogP contribution in [0.4, 0.5) is 0 Å². The number of fused-ring (bicyclic) bond motifs is 1. The average Bonchev–Trinajstić information content (AvgIpc) is 3.18. The molecular weight excluding hydrogens is 523 g/mol. The van der Waals surface area contributed by atoms with Crippen LogP contribution in [0.5, 0.6) is 11.5 Å². The van der Waals surface area contributed by atoms with E-state index in [0.29, 0.717) is 32.8 Å². The van der Waals surface area contributed by atoms with Crippen molar-refractivity contribution in [3.05, 3.63) is 23.3 Å². The number of piperidine rings is 1. The maximum atomic E-state index is 12.8. The van der Waals surface area contributed by atoms with Gasteiger partial charge >= 0.3 is 0 Å². The van der Waals surface area contributed by atoms with Crippen LogP contribution in [0.3, 0.4) is 0 Å². The third-order valence-corrected chi connectivity index (χ3v) is 6.41. The van der Waals surface area contributed by atoms with Crippen molar-refractivity contribution in [1.29, 1.82) is 0 Å². The van der Waals surface area contributed by atoms with Gasteiger partial charge in [-0.05, 0) is 31.9 Å². The fraction of sp³-hybridized carbons (Fsp3) is 0.652. The number of ether oxygens (including phenoxy) is 3. The maximum absolute atomic E-state index is 12.8. The van der Waals surface area contributed by atoms with E-state index < -0.39 is 0 Å². The Hall–Kier alpha value is -1.75. The van der Waals surface area contributed by atoms with Crippen molar-refractivity contribution in [3.8, 4) is 11.5 Å². The molecule has 1 aromatic carbocycles. The number of benzene rings is 1. The Balaban J connectivity index is 0.00000289. The molecular formula is C23H35IN4O4. The second kappa shape index (κ2) is 11.4. The van der Waals surface area contributed by atoms with Crippen LogP contribution in [0.15, 0.2) is 17.1 Å². The number of morpholine rings is 1. The number of halogens is 1. The lowest BCUT2D eigenvalue weighted by Crippen LogP contribution is -2.49. The standard InChI is InChI=1S/C23H34N4O4.HI/c1-16-12-18-13-20(29-3)19(14-21(18)31-16)15-25-23(24-2)27-6-4-17(5-7-27)22(28)26-8-10-30-11-9-26;/h13-14,16-17H,4-12,15H2,1-3H3,(H,24,25);1H. The van der Waals surface area contributed by atoms with E-state index in [0.717, 1.165) is 55.4 Å². The van der Waals surface area contributed by atoms with Crippen molar-refractivity contribution in [2.75, 3.05) is 53.6 Å². The molecule has 0 aliphatic carbocycles. The lowest BCUT2D eigenvalue weighted by atomic mass is 9.95. The number of aliphatic imine (C=N–C) groups is 1. The smallest absolute Gasteiger partial charge is 0.225 e. The van der Waals surface area contributed by atoms with Gasteiger partial charge in [-0.15, -0.1) is 24.0 Å². The molecule has 1 atom stereocenters. The number of carbonyl (C=O) groups excluding carboxylic acids is 1. The summed E-state index contributed by atoms with van der Waals surface area (Å²) >= 11 is 0. The van der Waals surface area contributed by atoms with Crippen LogP contribution < -0.4 is 14.8 Å². The van der Waals surface area contributed by atoms with Gasteiger partial charge in [0.25, 0.3) is 0 Å². The van der Waals surface area contributed by atoms with Crippen LogP contribution in [0.1, 0.15) is 30.9 Å². The monoisotopic (exact) mass is 558 g/mol. The summed E-state index contributed by atoms with van der Waals surface area (Å²) in [6.45, 7) is 7.06. The number of hydrogen-bond acceptors (Lipinski definition) is 5. The number of methoxy groups -OCH3 is 1. The second-order valence-corrected chi connectivity index (χ2v) is 8.50. The summed E-state index contributed by atoms with van der Waals surface area (Å²) < 4.78 is 16.9. The molecule has 0 spiro atoms. The van der Waals surface area contributed by atoms with E-state index in [-0.39, 0.29) is 41.9 Å². The molecule has 1 N–H and O–H groups in total. The van der Waals surface area contributed by atoms with Crippen LogP contribution in [0.25, 0.3) is 0 Å². The first-order valence-electron chi connectivity index (χ1n) is 11.3. The Labute approximate surface area is 207 Å². The molecule has 32 heavy (non-hydrogen) atoms. The maximum Gasteiger partial charge on any atom is 0.225 e. The van der Waals surface area contributed by atoms with Crippen LogP contribution in [0, 0.1) is 5.92 Å². The molecule has 3 aliphatic rings. The first-order chi connectivity index (χ1) is 15.1. The summed E-state index contributed by atoms with van der Waals surface area (Å²) in [7, 11) is 3.51. The molecule has 2 saturated heterocycles. The SMILES string of the molecule is CN=C(NCc1cc2c(cc1OC)CC(C)O2)N1CCC(C(=O)N2CCOCC2)CC1.I. The van der Waals surface area contributed by atoms with Crippen LogP contribution >= 0.6 is 24.0 Å². The van der Waals surface area contributed by atoms with Crippen molar-refractivity contribution in [2.45, 2.75) is 38.8 Å². The van der Waals surface area contributed by atoms with Gasteiger partial charge in [0.1, 0.15) is 17.6 Å². The van der Waals surface area contributed by atoms with E-state index in [9.17, 15) is 4.79 Å². The van der Waals surface area contributed by atoms with Crippen molar-refractivity contribution < 1.29 is 19.0 Å². The predicted octanol–water partition coefficient (Wildman–Crippen LogP) is 2.28. The van der Waals surface area contributed by atoms with Crippen molar-refractivity contribution in [2.24, 2.45) is 10.9 Å². The van der Waals surface area contributed by atoms with Crippen LogP contribution in [0.2, 0.25) is 0 Å². The van der Waals surface area contributed by atoms with Gasteiger partial charge in [0.15, 0.2) is 5.96 Å². The topological polar surface area (TPSA) is 75.6 Å². The summed E-state index contributed by atoms with van der Waals surface area (Å²) in [5.41, 5.74) is 2.25. The Morgan fingerprint density at radius 3 is 2.56 bits per heavy atom. The van der Waals surface area contributed by atoms with Gasteiger partial charge in [-0.25, -0.2) is 0 Å². The molecule has 3 heterocycles. The second-order valence-electron chi connectivity index (χ2n) is 8.50. The van der Waals surface area contributed by atoms with Gasteiger partial charge in [0.2, 0.25) is 5.91 Å². The summed E-state index contributed by atoms with van der Waals surface area (Å²) in [6, 6.07) is 4.16. The van der Waals surface area contributed by atoms with Gasteiger partial charge in [-0.1, -0.05) is 0 Å². The van der Waals surface area contributed by atoms with Crippen molar-refractivity contribution in [3.63, 3.8) is 0 Å². The number of carbonyl (C=O) groups is 1. The number of rotatable bonds is 4. The predicted molar refractivity (Wildman–Crippen MR) is 134 cm³/mol. The molecule has 9 heteroatoms. The highest BCUT2D eigenvalue weighted by Crippen LogP contribution is 2.35. The summed E-state index contributed by atoms with van der Waals surface area (Å²) in [5, 5.41) is 3.47. The average molecular weight is 558 g/mol. The molecule has 1 aromatic rings. The molecule has 0 radical (unpaired) electrons. The summed E-state index contributed by atoms with van der Waals surface area (Å²) in [4.78, 5) is 21.4. The lowest BCUT2D eigenvalue weighted by Gasteiger charge is -2.36. The van der Waals surface area contributed by atoms with Crippen LogP contribution in [-0.4, -0.2) is 81.3 Å². The Bertz CT molecular complexity index is 820. The number of nitrogens with zero attached hydrogens (tertiary/aromatic N) is 3. The minimum absolute atomic E-state index is 0. The number of guanidine groups is 1. The zero-order valence-corrected chi connectivity index (χ0v) is 21.6. The zero-order valence-electron chi connectivity index (χ0n) is 19.3. The molecule has 0 aromatic heterocycles. The highest BCUT2D eigenvalue weighted by Gasteiger charge is 2.30. The molecule has 3 aliphatic heterocycles. The largest absolute Gasteiger partial charge is 0.496 e. The van der Waals surface area contributed by atoms with Crippen molar-refractivity contribution >= 4 is 35.8 Å². The minimum atomic E-state index is 0. The summed E-state index contributed by atoms with van der Waals surface area (Å²) in [5.74, 6) is 3.05. The molecule has 4 rings (SSSR count). The zero-order chi connectivity index (χ0) is 21.8. The first-order valence-corrected chi connectivity index (χ1v) is 11.3. The molecule has 8 nitrogen and oxygen atoms in total. The minimum Gasteiger partial charge on any atom is -0.496 e. The fourth-order valence-corrected chi connectivity index (χ4v) is 4.70. The van der Waals surface area contributed by atoms with Gasteiger partial charge in [0, 0.05) is 63.2 Å². The van der Waals surface area contributed by atoms with Gasteiger partial charge in [0.05, 0.1) is 20.3 Å². The van der Waals surface area contributed by atoms with E-state index in [2.05, 4.69) is 34.3 Å². The highest BCUT2D eigenvalue weighted by molar-refractivity contribution is 14.0. The Kier molecular flexibility index (Phi) is 8.87. The summed E-state index contributed by atoms with van der Waals surface area (Å²) in [6.07, 6.45) is 2.83. The Morgan fingerprint density at radius 2 is 1.91 bits per heavy atom. The van der Waals surface area contributed by atoms with Crippen molar-refractivity contribution in [1.82, 2.24) is 15.1 Å². The van der Waals surface area contributed by atoms with E-state index in [1.165, 1.54) is 5.56 Å². The van der Waals surface area contributed by atoms with E-state index in [1.807, 2.05) is 4.90 Å². The van der Waals surface area contributed by atoms with E-state index in [4.69, 9.17) is 14.2 Å². The molecule has 0 saturated carbocycles. The fourth-order valence-electron chi connectivity index (χ4n) is 4.70. The normalized spacial score (nSPS) is 21.5. The molecule has 0 bridgehead atoms. The Morgan fingerprint density at radius 1 is 1.19 bits per heavy atom. The van der Waals surface area contributed by atoms with Gasteiger partial charge < -0.3 is 29.3 Å². The number of hydrogen-bond donors (Lipinski definition) is 1. The number of amides is 1.